The van der Waals surface area contributed by atoms with E-state index in [9.17, 15) is 0 Å². The fourth-order valence-electron chi connectivity index (χ4n) is 1.11. The minimum absolute atomic E-state index is 0.786. The normalized spacial score (nSPS) is 10.6. The Morgan fingerprint density at radius 1 is 1.50 bits per heavy atom. The topological polar surface area (TPSA) is 34.1 Å². The number of hydrogen-bond acceptors (Lipinski definition) is 4. The largest absolute Gasteiger partial charge is 0.380 e. The third kappa shape index (κ3) is 5.84. The Bertz CT molecular complexity index is 299. The van der Waals surface area contributed by atoms with Crippen LogP contribution >= 0.6 is 27.7 Å². The molecule has 0 aliphatic rings. The first-order chi connectivity index (χ1) is 7.84. The number of aromatic nitrogens is 1. The lowest BCUT2D eigenvalue weighted by molar-refractivity contribution is 0.150. The lowest BCUT2D eigenvalue weighted by Crippen LogP contribution is -2.22. The van der Waals surface area contributed by atoms with Gasteiger partial charge in [-0.3, -0.25) is 0 Å². The van der Waals surface area contributed by atoms with E-state index in [1.54, 1.807) is 11.8 Å². The van der Waals surface area contributed by atoms with Gasteiger partial charge < -0.3 is 10.1 Å². The van der Waals surface area contributed by atoms with E-state index in [4.69, 9.17) is 4.74 Å². The molecule has 90 valence electrons. The Labute approximate surface area is 109 Å². The van der Waals surface area contributed by atoms with E-state index in [1.807, 2.05) is 25.3 Å². The van der Waals surface area contributed by atoms with E-state index in [-0.39, 0.29) is 0 Å². The first-order valence-corrected chi connectivity index (χ1v) is 7.14. The molecule has 3 nitrogen and oxygen atoms in total. The first-order valence-electron chi connectivity index (χ1n) is 5.36. The van der Waals surface area contributed by atoms with Crippen molar-refractivity contribution in [2.45, 2.75) is 11.9 Å². The van der Waals surface area contributed by atoms with E-state index in [0.717, 1.165) is 41.6 Å². The summed E-state index contributed by atoms with van der Waals surface area (Å²) in [4.78, 5) is 4.29. The maximum atomic E-state index is 5.23. The summed E-state index contributed by atoms with van der Waals surface area (Å²) >= 11 is 5.23. The van der Waals surface area contributed by atoms with Crippen molar-refractivity contribution in [2.24, 2.45) is 0 Å². The lowest BCUT2D eigenvalue weighted by Gasteiger charge is -2.05. The zero-order valence-corrected chi connectivity index (χ0v) is 11.8. The van der Waals surface area contributed by atoms with Gasteiger partial charge in [0.15, 0.2) is 0 Å². The molecule has 1 heterocycles. The molecule has 0 unspecified atom stereocenters. The molecular formula is C11H17BrN2OS. The van der Waals surface area contributed by atoms with Crippen LogP contribution in [0.2, 0.25) is 0 Å². The maximum Gasteiger partial charge on any atom is 0.110 e. The summed E-state index contributed by atoms with van der Waals surface area (Å²) in [7, 11) is 0. The fraction of sp³-hybridized carbons (Fsp3) is 0.545. The van der Waals surface area contributed by atoms with Gasteiger partial charge in [0.1, 0.15) is 5.03 Å². The average molecular weight is 305 g/mol. The van der Waals surface area contributed by atoms with Crippen LogP contribution in [0.4, 0.5) is 0 Å². The van der Waals surface area contributed by atoms with Crippen LogP contribution in [0.5, 0.6) is 0 Å². The van der Waals surface area contributed by atoms with Gasteiger partial charge in [-0.1, -0.05) is 0 Å². The maximum absolute atomic E-state index is 5.23. The van der Waals surface area contributed by atoms with Gasteiger partial charge in [0.05, 0.1) is 6.61 Å². The highest BCUT2D eigenvalue weighted by atomic mass is 79.9. The predicted molar refractivity (Wildman–Crippen MR) is 72.0 cm³/mol. The Morgan fingerprint density at radius 2 is 2.38 bits per heavy atom. The summed E-state index contributed by atoms with van der Waals surface area (Å²) in [5.74, 6) is 1.02. The summed E-state index contributed by atoms with van der Waals surface area (Å²) in [5, 5.41) is 4.37. The minimum atomic E-state index is 0.786. The van der Waals surface area contributed by atoms with Crippen LogP contribution in [-0.2, 0) is 4.74 Å². The van der Waals surface area contributed by atoms with Crippen molar-refractivity contribution < 1.29 is 4.74 Å². The van der Waals surface area contributed by atoms with Gasteiger partial charge in [0, 0.05) is 36.1 Å². The van der Waals surface area contributed by atoms with Crippen LogP contribution in [-0.4, -0.2) is 37.0 Å². The Morgan fingerprint density at radius 3 is 3.12 bits per heavy atom. The summed E-state index contributed by atoms with van der Waals surface area (Å²) in [6.45, 7) is 5.47. The summed E-state index contributed by atoms with van der Waals surface area (Å²) < 4.78 is 6.29. The number of nitrogens with one attached hydrogen (secondary N) is 1. The minimum Gasteiger partial charge on any atom is -0.380 e. The van der Waals surface area contributed by atoms with E-state index < -0.39 is 0 Å². The Kier molecular flexibility index (Phi) is 7.84. The van der Waals surface area contributed by atoms with Gasteiger partial charge in [-0.15, -0.1) is 11.8 Å². The number of ether oxygens (including phenoxy) is 1. The zero-order valence-electron chi connectivity index (χ0n) is 9.41. The molecule has 1 aromatic rings. The second-order valence-corrected chi connectivity index (χ2v) is 5.02. The van der Waals surface area contributed by atoms with Crippen molar-refractivity contribution in [1.29, 1.82) is 0 Å². The Balaban J connectivity index is 2.05. The van der Waals surface area contributed by atoms with Gasteiger partial charge in [0.2, 0.25) is 0 Å². The lowest BCUT2D eigenvalue weighted by atomic mass is 10.5. The first kappa shape index (κ1) is 14.0. The van der Waals surface area contributed by atoms with Gasteiger partial charge in [-0.05, 0) is 35.0 Å². The molecule has 0 aliphatic carbocycles. The van der Waals surface area contributed by atoms with Crippen LogP contribution in [0.1, 0.15) is 6.92 Å². The predicted octanol–water partition coefficient (Wildman–Crippen LogP) is 2.56. The smallest absolute Gasteiger partial charge is 0.110 e. The van der Waals surface area contributed by atoms with Crippen LogP contribution in [0.15, 0.2) is 27.8 Å². The molecule has 0 saturated heterocycles. The van der Waals surface area contributed by atoms with Gasteiger partial charge in [-0.25, -0.2) is 4.98 Å². The second-order valence-electron chi connectivity index (χ2n) is 3.09. The molecule has 0 amide bonds. The van der Waals surface area contributed by atoms with Gasteiger partial charge in [0.25, 0.3) is 0 Å². The zero-order chi connectivity index (χ0) is 11.6. The molecule has 0 radical (unpaired) electrons. The summed E-state index contributed by atoms with van der Waals surface area (Å²) in [6.07, 6.45) is 1.82. The molecule has 0 spiro atoms. The number of halogens is 1. The monoisotopic (exact) mass is 304 g/mol. The van der Waals surface area contributed by atoms with Crippen molar-refractivity contribution in [3.05, 3.63) is 22.8 Å². The van der Waals surface area contributed by atoms with Gasteiger partial charge in [-0.2, -0.15) is 0 Å². The molecule has 5 heteroatoms. The molecular weight excluding hydrogens is 288 g/mol. The molecule has 0 bridgehead atoms. The van der Waals surface area contributed by atoms with Crippen molar-refractivity contribution in [3.63, 3.8) is 0 Å². The van der Waals surface area contributed by atoms with Crippen molar-refractivity contribution >= 4 is 27.7 Å². The molecule has 1 N–H and O–H groups in total. The SMILES string of the molecule is CCOCCNCCSc1ncccc1Br. The molecule has 0 fully saturated rings. The molecule has 1 aromatic heterocycles. The molecule has 16 heavy (non-hydrogen) atoms. The molecule has 1 rings (SSSR count). The average Bonchev–Trinajstić information content (AvgIpc) is 2.30. The Hall–Kier alpha value is -0.100. The third-order valence-electron chi connectivity index (χ3n) is 1.87. The van der Waals surface area contributed by atoms with E-state index in [1.165, 1.54) is 0 Å². The number of rotatable bonds is 8. The van der Waals surface area contributed by atoms with Gasteiger partial charge >= 0.3 is 0 Å². The molecule has 0 aliphatic heterocycles. The van der Waals surface area contributed by atoms with Crippen molar-refractivity contribution in [1.82, 2.24) is 10.3 Å². The quantitative estimate of drug-likeness (QED) is 0.591. The van der Waals surface area contributed by atoms with Crippen molar-refractivity contribution in [3.8, 4) is 0 Å². The van der Waals surface area contributed by atoms with Crippen molar-refractivity contribution in [2.75, 3.05) is 32.1 Å². The van der Waals surface area contributed by atoms with Crippen LogP contribution in [0.25, 0.3) is 0 Å². The highest BCUT2D eigenvalue weighted by Crippen LogP contribution is 2.23. The van der Waals surface area contributed by atoms with Crippen LogP contribution < -0.4 is 5.32 Å². The number of pyridine rings is 1. The number of thioether (sulfide) groups is 1. The molecule has 0 aromatic carbocycles. The molecule has 0 atom stereocenters. The second kappa shape index (κ2) is 8.98. The van der Waals surface area contributed by atoms with Crippen LogP contribution in [0, 0.1) is 0 Å². The van der Waals surface area contributed by atoms with E-state index >= 15 is 0 Å². The highest BCUT2D eigenvalue weighted by Gasteiger charge is 1.99. The molecule has 0 saturated carbocycles. The standard InChI is InChI=1S/C11H17BrN2OS/c1-2-15-8-6-13-7-9-16-11-10(12)4-3-5-14-11/h3-5,13H,2,6-9H2,1H3. The summed E-state index contributed by atoms with van der Waals surface area (Å²) in [6, 6.07) is 3.94. The number of hydrogen-bond donors (Lipinski definition) is 1. The van der Waals surface area contributed by atoms with E-state index in [2.05, 4.69) is 26.2 Å². The van der Waals surface area contributed by atoms with E-state index in [0.29, 0.717) is 0 Å². The highest BCUT2D eigenvalue weighted by molar-refractivity contribution is 9.10. The fourth-order valence-corrected chi connectivity index (χ4v) is 2.49. The van der Waals surface area contributed by atoms with Crippen LogP contribution in [0.3, 0.4) is 0 Å². The number of nitrogens with zero attached hydrogens (tertiary/aromatic N) is 1. The third-order valence-corrected chi connectivity index (χ3v) is 3.78. The summed E-state index contributed by atoms with van der Waals surface area (Å²) in [5.41, 5.74) is 0.